The number of benzene rings is 1. The summed E-state index contributed by atoms with van der Waals surface area (Å²) >= 11 is 0. The van der Waals surface area contributed by atoms with Crippen LogP contribution in [0.1, 0.15) is 45.6 Å². The summed E-state index contributed by atoms with van der Waals surface area (Å²) in [6.45, 7) is 8.44. The summed E-state index contributed by atoms with van der Waals surface area (Å²) in [5, 5.41) is 3.59. The quantitative estimate of drug-likeness (QED) is 0.792. The Hall–Kier alpha value is -1.02. The van der Waals surface area contributed by atoms with Crippen LogP contribution in [0.25, 0.3) is 0 Å². The van der Waals surface area contributed by atoms with Crippen LogP contribution in [0.4, 0.5) is 0 Å². The molecule has 0 aliphatic heterocycles. The van der Waals surface area contributed by atoms with Gasteiger partial charge in [-0.05, 0) is 45.1 Å². The standard InChI is InChI=1S/C16H25NO/c1-4-16(2,3)17-11-14-7-5-6-8-15(14)18-12-13-9-10-13/h5-8,13,17H,4,9-12H2,1-3H3. The summed E-state index contributed by atoms with van der Waals surface area (Å²) in [6, 6.07) is 8.37. The molecule has 1 aliphatic carbocycles. The third-order valence-corrected chi connectivity index (χ3v) is 3.79. The first-order chi connectivity index (χ1) is 8.61. The molecule has 0 spiro atoms. The predicted molar refractivity (Wildman–Crippen MR) is 75.9 cm³/mol. The second-order valence-corrected chi connectivity index (χ2v) is 5.95. The molecule has 2 rings (SSSR count). The minimum absolute atomic E-state index is 0.184. The number of hydrogen-bond donors (Lipinski definition) is 1. The van der Waals surface area contributed by atoms with Crippen molar-refractivity contribution in [1.82, 2.24) is 5.32 Å². The van der Waals surface area contributed by atoms with E-state index >= 15 is 0 Å². The molecule has 2 nitrogen and oxygen atoms in total. The summed E-state index contributed by atoms with van der Waals surface area (Å²) in [6.07, 6.45) is 3.80. The van der Waals surface area contributed by atoms with Crippen molar-refractivity contribution in [2.75, 3.05) is 6.61 Å². The molecule has 1 aromatic carbocycles. The molecule has 1 aromatic rings. The Labute approximate surface area is 111 Å². The highest BCUT2D eigenvalue weighted by Gasteiger charge is 2.22. The molecular weight excluding hydrogens is 222 g/mol. The van der Waals surface area contributed by atoms with Gasteiger partial charge in [-0.3, -0.25) is 0 Å². The van der Waals surface area contributed by atoms with Crippen LogP contribution in [0.5, 0.6) is 5.75 Å². The van der Waals surface area contributed by atoms with E-state index in [2.05, 4.69) is 50.4 Å². The lowest BCUT2D eigenvalue weighted by molar-refractivity contribution is 0.293. The topological polar surface area (TPSA) is 21.3 Å². The molecule has 0 radical (unpaired) electrons. The molecular formula is C16H25NO. The maximum absolute atomic E-state index is 5.92. The van der Waals surface area contributed by atoms with Crippen LogP contribution in [-0.2, 0) is 6.54 Å². The molecule has 0 aromatic heterocycles. The summed E-state index contributed by atoms with van der Waals surface area (Å²) in [5.74, 6) is 1.85. The minimum atomic E-state index is 0.184. The zero-order chi connectivity index (χ0) is 13.0. The summed E-state index contributed by atoms with van der Waals surface area (Å²) in [4.78, 5) is 0. The maximum Gasteiger partial charge on any atom is 0.123 e. The lowest BCUT2D eigenvalue weighted by atomic mass is 10.0. The van der Waals surface area contributed by atoms with Crippen LogP contribution in [0.3, 0.4) is 0 Å². The van der Waals surface area contributed by atoms with Crippen molar-refractivity contribution >= 4 is 0 Å². The van der Waals surface area contributed by atoms with Crippen molar-refractivity contribution in [3.05, 3.63) is 29.8 Å². The van der Waals surface area contributed by atoms with Gasteiger partial charge in [-0.1, -0.05) is 25.1 Å². The average molecular weight is 247 g/mol. The molecule has 0 heterocycles. The minimum Gasteiger partial charge on any atom is -0.493 e. The van der Waals surface area contributed by atoms with Crippen LogP contribution in [-0.4, -0.2) is 12.1 Å². The summed E-state index contributed by atoms with van der Waals surface area (Å²) in [5.41, 5.74) is 1.45. The van der Waals surface area contributed by atoms with Crippen molar-refractivity contribution in [1.29, 1.82) is 0 Å². The van der Waals surface area contributed by atoms with Gasteiger partial charge in [0.1, 0.15) is 5.75 Å². The van der Waals surface area contributed by atoms with Crippen LogP contribution >= 0.6 is 0 Å². The van der Waals surface area contributed by atoms with E-state index < -0.39 is 0 Å². The van der Waals surface area contributed by atoms with E-state index in [9.17, 15) is 0 Å². The van der Waals surface area contributed by atoms with E-state index in [-0.39, 0.29) is 5.54 Å². The van der Waals surface area contributed by atoms with Crippen molar-refractivity contribution in [2.24, 2.45) is 5.92 Å². The van der Waals surface area contributed by atoms with Gasteiger partial charge < -0.3 is 10.1 Å². The van der Waals surface area contributed by atoms with Crippen molar-refractivity contribution in [2.45, 2.75) is 52.1 Å². The van der Waals surface area contributed by atoms with Gasteiger partial charge in [0.15, 0.2) is 0 Å². The smallest absolute Gasteiger partial charge is 0.123 e. The second kappa shape index (κ2) is 5.75. The van der Waals surface area contributed by atoms with Gasteiger partial charge in [0.25, 0.3) is 0 Å². The van der Waals surface area contributed by atoms with Crippen LogP contribution < -0.4 is 10.1 Å². The number of para-hydroxylation sites is 1. The Morgan fingerprint density at radius 3 is 2.67 bits per heavy atom. The van der Waals surface area contributed by atoms with E-state index in [1.165, 1.54) is 18.4 Å². The van der Waals surface area contributed by atoms with Crippen LogP contribution in [0.2, 0.25) is 0 Å². The normalized spacial score (nSPS) is 15.7. The van der Waals surface area contributed by atoms with Crippen LogP contribution in [0.15, 0.2) is 24.3 Å². The van der Waals surface area contributed by atoms with Gasteiger partial charge in [0.05, 0.1) is 6.61 Å². The Bertz CT molecular complexity index is 382. The van der Waals surface area contributed by atoms with Gasteiger partial charge in [-0.15, -0.1) is 0 Å². The Kier molecular flexibility index (Phi) is 4.28. The fraction of sp³-hybridized carbons (Fsp3) is 0.625. The monoisotopic (exact) mass is 247 g/mol. The van der Waals surface area contributed by atoms with Gasteiger partial charge in [-0.2, -0.15) is 0 Å². The largest absolute Gasteiger partial charge is 0.493 e. The molecule has 1 saturated carbocycles. The average Bonchev–Trinajstić information content (AvgIpc) is 3.19. The Morgan fingerprint density at radius 1 is 1.28 bits per heavy atom. The third kappa shape index (κ3) is 4.02. The van der Waals surface area contributed by atoms with Gasteiger partial charge in [0.2, 0.25) is 0 Å². The number of rotatable bonds is 7. The second-order valence-electron chi connectivity index (χ2n) is 5.95. The Morgan fingerprint density at radius 2 is 2.00 bits per heavy atom. The van der Waals surface area contributed by atoms with E-state index in [0.29, 0.717) is 0 Å². The molecule has 0 saturated heterocycles. The molecule has 1 fully saturated rings. The van der Waals surface area contributed by atoms with E-state index in [0.717, 1.165) is 31.2 Å². The first-order valence-electron chi connectivity index (χ1n) is 7.06. The highest BCUT2D eigenvalue weighted by molar-refractivity contribution is 5.33. The van der Waals surface area contributed by atoms with E-state index in [4.69, 9.17) is 4.74 Å². The Balaban J connectivity index is 1.93. The van der Waals surface area contributed by atoms with E-state index in [1.807, 2.05) is 0 Å². The third-order valence-electron chi connectivity index (χ3n) is 3.79. The first-order valence-corrected chi connectivity index (χ1v) is 7.06. The van der Waals surface area contributed by atoms with E-state index in [1.54, 1.807) is 0 Å². The molecule has 1 aliphatic rings. The lowest BCUT2D eigenvalue weighted by Crippen LogP contribution is -2.37. The highest BCUT2D eigenvalue weighted by Crippen LogP contribution is 2.30. The fourth-order valence-electron chi connectivity index (χ4n) is 1.74. The lowest BCUT2D eigenvalue weighted by Gasteiger charge is -2.25. The number of hydrogen-bond acceptors (Lipinski definition) is 2. The van der Waals surface area contributed by atoms with Gasteiger partial charge in [-0.25, -0.2) is 0 Å². The molecule has 100 valence electrons. The fourth-order valence-corrected chi connectivity index (χ4v) is 1.74. The molecule has 0 bridgehead atoms. The summed E-state index contributed by atoms with van der Waals surface area (Å²) < 4.78 is 5.92. The van der Waals surface area contributed by atoms with Crippen molar-refractivity contribution < 1.29 is 4.74 Å². The zero-order valence-corrected chi connectivity index (χ0v) is 11.8. The molecule has 0 amide bonds. The molecule has 0 unspecified atom stereocenters. The van der Waals surface area contributed by atoms with Gasteiger partial charge >= 0.3 is 0 Å². The van der Waals surface area contributed by atoms with Crippen molar-refractivity contribution in [3.63, 3.8) is 0 Å². The molecule has 2 heteroatoms. The predicted octanol–water partition coefficient (Wildman–Crippen LogP) is 3.75. The maximum atomic E-state index is 5.92. The van der Waals surface area contributed by atoms with Gasteiger partial charge in [0, 0.05) is 17.6 Å². The molecule has 18 heavy (non-hydrogen) atoms. The molecule has 1 N–H and O–H groups in total. The molecule has 0 atom stereocenters. The van der Waals surface area contributed by atoms with Crippen LogP contribution in [0, 0.1) is 5.92 Å². The number of ether oxygens (including phenoxy) is 1. The summed E-state index contributed by atoms with van der Waals surface area (Å²) in [7, 11) is 0. The van der Waals surface area contributed by atoms with Crippen molar-refractivity contribution in [3.8, 4) is 5.75 Å². The zero-order valence-electron chi connectivity index (χ0n) is 11.8. The number of nitrogens with one attached hydrogen (secondary N) is 1. The SMILES string of the molecule is CCC(C)(C)NCc1ccccc1OCC1CC1. The highest BCUT2D eigenvalue weighted by atomic mass is 16.5. The first kappa shape index (κ1) is 13.4.